The van der Waals surface area contributed by atoms with Crippen LogP contribution in [0.1, 0.15) is 32.1 Å². The molecule has 0 unspecified atom stereocenters. The lowest BCUT2D eigenvalue weighted by molar-refractivity contribution is 0.155. The molecule has 0 bridgehead atoms. The lowest BCUT2D eigenvalue weighted by Crippen LogP contribution is -2.20. The SMILES string of the molecule is O=C(Nc1c(F)c(F)c(F)c(F)c1F)Oc1ccc(OC2CCCCC2)cc1. The summed E-state index contributed by atoms with van der Waals surface area (Å²) in [7, 11) is 0. The van der Waals surface area contributed by atoms with Crippen LogP contribution >= 0.6 is 0 Å². The number of nitrogens with one attached hydrogen (secondary N) is 1. The summed E-state index contributed by atoms with van der Waals surface area (Å²) in [6, 6.07) is 5.87. The monoisotopic (exact) mass is 401 g/mol. The van der Waals surface area contributed by atoms with Crippen LogP contribution in [0.15, 0.2) is 24.3 Å². The molecule has 9 heteroatoms. The molecule has 0 saturated heterocycles. The fourth-order valence-electron chi connectivity index (χ4n) is 2.91. The van der Waals surface area contributed by atoms with Crippen molar-refractivity contribution in [3.63, 3.8) is 0 Å². The zero-order valence-electron chi connectivity index (χ0n) is 14.5. The highest BCUT2D eigenvalue weighted by molar-refractivity contribution is 5.86. The number of anilines is 1. The molecule has 0 heterocycles. The molecule has 1 amide bonds. The summed E-state index contributed by atoms with van der Waals surface area (Å²) in [6.07, 6.45) is 4.02. The van der Waals surface area contributed by atoms with Crippen molar-refractivity contribution < 1.29 is 36.2 Å². The first kappa shape index (κ1) is 19.9. The average molecular weight is 401 g/mol. The van der Waals surface area contributed by atoms with E-state index in [1.54, 1.807) is 12.1 Å². The predicted octanol–water partition coefficient (Wildman–Crippen LogP) is 5.70. The van der Waals surface area contributed by atoms with Crippen LogP contribution in [0.5, 0.6) is 11.5 Å². The molecule has 0 aliphatic heterocycles. The lowest BCUT2D eigenvalue weighted by atomic mass is 9.98. The summed E-state index contributed by atoms with van der Waals surface area (Å²) >= 11 is 0. The fourth-order valence-corrected chi connectivity index (χ4v) is 2.91. The van der Waals surface area contributed by atoms with Gasteiger partial charge in [-0.3, -0.25) is 5.32 Å². The molecular weight excluding hydrogens is 385 g/mol. The van der Waals surface area contributed by atoms with Gasteiger partial charge in [0.05, 0.1) is 6.10 Å². The maximum Gasteiger partial charge on any atom is 0.417 e. The second-order valence-electron chi connectivity index (χ2n) is 6.31. The van der Waals surface area contributed by atoms with Crippen LogP contribution in [-0.2, 0) is 0 Å². The van der Waals surface area contributed by atoms with Crippen molar-refractivity contribution in [2.24, 2.45) is 0 Å². The van der Waals surface area contributed by atoms with Crippen molar-refractivity contribution in [3.05, 3.63) is 53.4 Å². The molecule has 0 atom stereocenters. The van der Waals surface area contributed by atoms with Gasteiger partial charge in [-0.2, -0.15) is 0 Å². The van der Waals surface area contributed by atoms with E-state index in [4.69, 9.17) is 9.47 Å². The van der Waals surface area contributed by atoms with E-state index in [0.717, 1.165) is 25.7 Å². The van der Waals surface area contributed by atoms with Gasteiger partial charge in [0, 0.05) is 0 Å². The molecule has 28 heavy (non-hydrogen) atoms. The van der Waals surface area contributed by atoms with E-state index >= 15 is 0 Å². The normalized spacial score (nSPS) is 14.6. The number of hydrogen-bond donors (Lipinski definition) is 1. The average Bonchev–Trinajstić information content (AvgIpc) is 2.70. The summed E-state index contributed by atoms with van der Waals surface area (Å²) in [5, 5.41) is 1.53. The first-order chi connectivity index (χ1) is 13.4. The predicted molar refractivity (Wildman–Crippen MR) is 89.8 cm³/mol. The zero-order chi connectivity index (χ0) is 20.3. The lowest BCUT2D eigenvalue weighted by Gasteiger charge is -2.23. The third-order valence-corrected chi connectivity index (χ3v) is 4.33. The molecule has 1 saturated carbocycles. The maximum absolute atomic E-state index is 13.6. The summed E-state index contributed by atoms with van der Waals surface area (Å²) in [6.45, 7) is 0. The molecule has 0 spiro atoms. The Morgan fingerprint density at radius 3 is 1.86 bits per heavy atom. The summed E-state index contributed by atoms with van der Waals surface area (Å²) in [5.74, 6) is -10.4. The number of hydrogen-bond acceptors (Lipinski definition) is 3. The van der Waals surface area contributed by atoms with Crippen LogP contribution < -0.4 is 14.8 Å². The zero-order valence-corrected chi connectivity index (χ0v) is 14.5. The van der Waals surface area contributed by atoms with Crippen molar-refractivity contribution in [2.45, 2.75) is 38.2 Å². The highest BCUT2D eigenvalue weighted by Crippen LogP contribution is 2.28. The van der Waals surface area contributed by atoms with E-state index in [1.165, 1.54) is 23.9 Å². The number of carbonyl (C=O) groups is 1. The van der Waals surface area contributed by atoms with E-state index in [2.05, 4.69) is 0 Å². The van der Waals surface area contributed by atoms with Crippen LogP contribution in [0, 0.1) is 29.1 Å². The van der Waals surface area contributed by atoms with Gasteiger partial charge in [-0.15, -0.1) is 0 Å². The first-order valence-electron chi connectivity index (χ1n) is 8.63. The third-order valence-electron chi connectivity index (χ3n) is 4.33. The molecule has 1 aliphatic carbocycles. The van der Waals surface area contributed by atoms with Crippen molar-refractivity contribution in [1.29, 1.82) is 0 Å². The second-order valence-corrected chi connectivity index (χ2v) is 6.31. The Balaban J connectivity index is 1.64. The Hall–Kier alpha value is -2.84. The van der Waals surface area contributed by atoms with Crippen molar-refractivity contribution in [3.8, 4) is 11.5 Å². The minimum Gasteiger partial charge on any atom is -0.490 e. The van der Waals surface area contributed by atoms with Crippen LogP contribution in [0.2, 0.25) is 0 Å². The smallest absolute Gasteiger partial charge is 0.417 e. The molecule has 2 aromatic carbocycles. The number of halogens is 5. The summed E-state index contributed by atoms with van der Waals surface area (Å²) in [5.41, 5.74) is -1.49. The third kappa shape index (κ3) is 4.35. The van der Waals surface area contributed by atoms with Gasteiger partial charge in [0.15, 0.2) is 23.3 Å². The topological polar surface area (TPSA) is 47.6 Å². The second kappa shape index (κ2) is 8.45. The van der Waals surface area contributed by atoms with E-state index in [1.807, 2.05) is 0 Å². The van der Waals surface area contributed by atoms with Crippen LogP contribution in [0.3, 0.4) is 0 Å². The quantitative estimate of drug-likeness (QED) is 0.406. The molecule has 0 radical (unpaired) electrons. The highest BCUT2D eigenvalue weighted by atomic mass is 19.2. The summed E-state index contributed by atoms with van der Waals surface area (Å²) in [4.78, 5) is 11.8. The Labute approximate surface area is 157 Å². The van der Waals surface area contributed by atoms with Gasteiger partial charge >= 0.3 is 6.09 Å². The number of benzene rings is 2. The molecule has 150 valence electrons. The Kier molecular flexibility index (Phi) is 6.01. The minimum absolute atomic E-state index is 0.00244. The van der Waals surface area contributed by atoms with Gasteiger partial charge in [0.25, 0.3) is 0 Å². The number of carbonyl (C=O) groups excluding carboxylic acids is 1. The summed E-state index contributed by atoms with van der Waals surface area (Å²) < 4.78 is 77.1. The molecule has 1 N–H and O–H groups in total. The van der Waals surface area contributed by atoms with Crippen molar-refractivity contribution >= 4 is 11.8 Å². The number of ether oxygens (including phenoxy) is 2. The van der Waals surface area contributed by atoms with Crippen LogP contribution in [-0.4, -0.2) is 12.2 Å². The standard InChI is InChI=1S/C19H16F5NO3/c20-13-14(21)16(23)18(17(24)15(13)22)25-19(26)28-12-8-6-11(7-9-12)27-10-4-2-1-3-5-10/h6-10H,1-5H2,(H,25,26). The van der Waals surface area contributed by atoms with Gasteiger partial charge in [-0.25, -0.2) is 26.7 Å². The molecule has 1 fully saturated rings. The van der Waals surface area contributed by atoms with E-state index < -0.39 is 40.9 Å². The van der Waals surface area contributed by atoms with Crippen LogP contribution in [0.4, 0.5) is 32.4 Å². The van der Waals surface area contributed by atoms with E-state index in [9.17, 15) is 26.7 Å². The Bertz CT molecular complexity index is 838. The van der Waals surface area contributed by atoms with Gasteiger partial charge in [-0.05, 0) is 49.9 Å². The van der Waals surface area contributed by atoms with Gasteiger partial charge in [0.2, 0.25) is 5.82 Å². The highest BCUT2D eigenvalue weighted by Gasteiger charge is 2.27. The van der Waals surface area contributed by atoms with Gasteiger partial charge in [-0.1, -0.05) is 6.42 Å². The maximum atomic E-state index is 13.6. The molecule has 4 nitrogen and oxygen atoms in total. The van der Waals surface area contributed by atoms with Gasteiger partial charge in [0.1, 0.15) is 17.2 Å². The van der Waals surface area contributed by atoms with Gasteiger partial charge < -0.3 is 9.47 Å². The fraction of sp³-hybridized carbons (Fsp3) is 0.316. The molecule has 1 aliphatic rings. The Morgan fingerprint density at radius 1 is 0.786 bits per heavy atom. The molecule has 3 rings (SSSR count). The van der Waals surface area contributed by atoms with E-state index in [0.29, 0.717) is 5.75 Å². The Morgan fingerprint density at radius 2 is 1.29 bits per heavy atom. The number of amides is 1. The number of rotatable bonds is 4. The molecule has 2 aromatic rings. The minimum atomic E-state index is -2.32. The van der Waals surface area contributed by atoms with Crippen LogP contribution in [0.25, 0.3) is 0 Å². The van der Waals surface area contributed by atoms with Crippen molar-refractivity contribution in [1.82, 2.24) is 0 Å². The largest absolute Gasteiger partial charge is 0.490 e. The molecular formula is C19H16F5NO3. The van der Waals surface area contributed by atoms with E-state index in [-0.39, 0.29) is 11.9 Å². The first-order valence-corrected chi connectivity index (χ1v) is 8.63. The van der Waals surface area contributed by atoms with Crippen molar-refractivity contribution in [2.75, 3.05) is 5.32 Å². The molecule has 0 aromatic heterocycles.